The third kappa shape index (κ3) is 5.90. The number of piperazine rings is 1. The number of carbonyl (C=O) groups excluding carboxylic acids is 2. The molecule has 1 aliphatic carbocycles. The monoisotopic (exact) mass is 444 g/mol. The van der Waals surface area contributed by atoms with Gasteiger partial charge in [0.25, 0.3) is 5.91 Å². The number of hydrogen-bond donors (Lipinski definition) is 1. The Balaban J connectivity index is 1.21. The number of nitrogens with zero attached hydrogens (tertiary/aromatic N) is 5. The number of anilines is 1. The Kier molecular flexibility index (Phi) is 7.29. The van der Waals surface area contributed by atoms with Gasteiger partial charge in [0.05, 0.1) is 12.2 Å². The molecule has 3 heterocycles. The largest absolute Gasteiger partial charge is 0.478 e. The van der Waals surface area contributed by atoms with Crippen LogP contribution < -0.4 is 10.1 Å². The topological polar surface area (TPSA) is 101 Å². The Labute approximate surface area is 185 Å². The number of hydrogen-bond acceptors (Lipinski definition) is 7. The van der Waals surface area contributed by atoms with Crippen molar-refractivity contribution in [1.29, 1.82) is 0 Å². The highest BCUT2D eigenvalue weighted by Crippen LogP contribution is 2.26. The number of aromatic nitrogens is 3. The van der Waals surface area contributed by atoms with Crippen molar-refractivity contribution in [3.05, 3.63) is 29.4 Å². The molecule has 2 aliphatic rings. The fourth-order valence-corrected chi connectivity index (χ4v) is 4.53. The van der Waals surface area contributed by atoms with Crippen LogP contribution in [0.4, 0.5) is 9.93 Å². The molecule has 0 bridgehead atoms. The predicted octanol–water partition coefficient (Wildman–Crippen LogP) is 3.27. The van der Waals surface area contributed by atoms with Gasteiger partial charge in [0.2, 0.25) is 11.0 Å². The lowest BCUT2D eigenvalue weighted by atomic mass is 9.87. The van der Waals surface area contributed by atoms with Crippen molar-refractivity contribution in [3.8, 4) is 5.88 Å². The van der Waals surface area contributed by atoms with E-state index in [9.17, 15) is 9.59 Å². The number of nitrogens with one attached hydrogen (secondary N) is 1. The highest BCUT2D eigenvalue weighted by Gasteiger charge is 2.25. The van der Waals surface area contributed by atoms with Crippen LogP contribution in [0.5, 0.6) is 5.88 Å². The minimum atomic E-state index is -0.222. The van der Waals surface area contributed by atoms with E-state index in [-0.39, 0.29) is 11.9 Å². The maximum absolute atomic E-state index is 12.8. The second-order valence-corrected chi connectivity index (χ2v) is 8.81. The molecule has 4 rings (SSSR count). The van der Waals surface area contributed by atoms with Crippen LogP contribution in [-0.4, -0.2) is 69.7 Å². The first-order chi connectivity index (χ1) is 15.2. The van der Waals surface area contributed by atoms with Crippen molar-refractivity contribution in [3.63, 3.8) is 0 Å². The number of amides is 3. The lowest BCUT2D eigenvalue weighted by Gasteiger charge is -2.34. The van der Waals surface area contributed by atoms with Gasteiger partial charge in [0.1, 0.15) is 5.51 Å². The van der Waals surface area contributed by atoms with Gasteiger partial charge in [-0.15, -0.1) is 10.2 Å². The zero-order valence-electron chi connectivity index (χ0n) is 17.5. The molecule has 0 atom stereocenters. The van der Waals surface area contributed by atoms with E-state index >= 15 is 0 Å². The molecule has 1 N–H and O–H groups in total. The van der Waals surface area contributed by atoms with E-state index in [2.05, 4.69) is 20.5 Å². The van der Waals surface area contributed by atoms with Crippen molar-refractivity contribution in [1.82, 2.24) is 25.0 Å². The molecule has 3 amide bonds. The molecule has 1 saturated carbocycles. The van der Waals surface area contributed by atoms with Gasteiger partial charge in [0.15, 0.2) is 0 Å². The molecule has 1 saturated heterocycles. The molecule has 0 aromatic carbocycles. The van der Waals surface area contributed by atoms with Crippen LogP contribution in [0.25, 0.3) is 0 Å². The first-order valence-corrected chi connectivity index (χ1v) is 11.8. The van der Waals surface area contributed by atoms with Crippen LogP contribution in [0.15, 0.2) is 23.8 Å². The number of ether oxygens (including phenoxy) is 1. The molecule has 9 nitrogen and oxygen atoms in total. The average Bonchev–Trinajstić information content (AvgIpc) is 3.33. The maximum Gasteiger partial charge on any atom is 0.323 e. The van der Waals surface area contributed by atoms with E-state index < -0.39 is 0 Å². The molecular weight excluding hydrogens is 416 g/mol. The molecular formula is C21H28N6O3S. The molecule has 0 radical (unpaired) electrons. The minimum absolute atomic E-state index is 0.0783. The third-order valence-corrected chi connectivity index (χ3v) is 6.52. The summed E-state index contributed by atoms with van der Waals surface area (Å²) >= 11 is 1.27. The molecule has 10 heteroatoms. The Morgan fingerprint density at radius 1 is 1.10 bits per heavy atom. The molecule has 1 aliphatic heterocycles. The van der Waals surface area contributed by atoms with Crippen molar-refractivity contribution in [2.75, 3.05) is 38.1 Å². The number of urea groups is 1. The number of rotatable bonds is 6. The van der Waals surface area contributed by atoms with E-state index in [0.717, 1.165) is 12.3 Å². The fourth-order valence-electron chi connectivity index (χ4n) is 4.09. The van der Waals surface area contributed by atoms with Crippen LogP contribution in [0.2, 0.25) is 0 Å². The highest BCUT2D eigenvalue weighted by atomic mass is 32.1. The van der Waals surface area contributed by atoms with Crippen molar-refractivity contribution < 1.29 is 14.3 Å². The van der Waals surface area contributed by atoms with Gasteiger partial charge in [-0.2, -0.15) is 0 Å². The summed E-state index contributed by atoms with van der Waals surface area (Å²) in [5, 5.41) is 10.7. The first kappa shape index (κ1) is 21.5. The highest BCUT2D eigenvalue weighted by molar-refractivity contribution is 7.13. The molecule has 0 unspecified atom stereocenters. The lowest BCUT2D eigenvalue weighted by molar-refractivity contribution is 0.0671. The van der Waals surface area contributed by atoms with Gasteiger partial charge in [-0.05, 0) is 18.4 Å². The van der Waals surface area contributed by atoms with Gasteiger partial charge in [-0.1, -0.05) is 43.4 Å². The lowest BCUT2D eigenvalue weighted by Crippen LogP contribution is -2.51. The van der Waals surface area contributed by atoms with Crippen LogP contribution in [-0.2, 0) is 0 Å². The SMILES string of the molecule is O=C(Nc1nncs1)N1CCN(C(=O)c2ccc(OCCC3CCCCC3)nc2)CC1. The predicted molar refractivity (Wildman–Crippen MR) is 117 cm³/mol. The summed E-state index contributed by atoms with van der Waals surface area (Å²) in [5.41, 5.74) is 2.10. The molecule has 2 aromatic heterocycles. The van der Waals surface area contributed by atoms with Crippen molar-refractivity contribution >= 4 is 28.4 Å². The smallest absolute Gasteiger partial charge is 0.323 e. The third-order valence-electron chi connectivity index (χ3n) is 5.91. The Morgan fingerprint density at radius 3 is 2.55 bits per heavy atom. The minimum Gasteiger partial charge on any atom is -0.478 e. The van der Waals surface area contributed by atoms with Gasteiger partial charge in [-0.25, -0.2) is 9.78 Å². The van der Waals surface area contributed by atoms with Gasteiger partial charge < -0.3 is 14.5 Å². The van der Waals surface area contributed by atoms with Crippen LogP contribution in [0, 0.1) is 5.92 Å². The normalized spacial score (nSPS) is 17.4. The summed E-state index contributed by atoms with van der Waals surface area (Å²) in [6.07, 6.45) is 9.29. The van der Waals surface area contributed by atoms with Gasteiger partial charge in [0, 0.05) is 38.4 Å². The second kappa shape index (κ2) is 10.5. The Hall–Kier alpha value is -2.75. The van der Waals surface area contributed by atoms with E-state index in [1.807, 2.05) is 0 Å². The molecule has 0 spiro atoms. The average molecular weight is 445 g/mol. The summed E-state index contributed by atoms with van der Waals surface area (Å²) in [6, 6.07) is 3.31. The molecule has 2 fully saturated rings. The van der Waals surface area contributed by atoms with E-state index in [4.69, 9.17) is 4.74 Å². The maximum atomic E-state index is 12.8. The summed E-state index contributed by atoms with van der Waals surface area (Å²) < 4.78 is 5.78. The van der Waals surface area contributed by atoms with Gasteiger partial charge >= 0.3 is 6.03 Å². The van der Waals surface area contributed by atoms with E-state index in [1.165, 1.54) is 43.4 Å². The van der Waals surface area contributed by atoms with Crippen molar-refractivity contribution in [2.24, 2.45) is 5.92 Å². The van der Waals surface area contributed by atoms with E-state index in [1.54, 1.807) is 33.6 Å². The number of pyridine rings is 1. The van der Waals surface area contributed by atoms with Crippen molar-refractivity contribution in [2.45, 2.75) is 38.5 Å². The zero-order valence-corrected chi connectivity index (χ0v) is 18.4. The van der Waals surface area contributed by atoms with Crippen LogP contribution in [0.3, 0.4) is 0 Å². The summed E-state index contributed by atoms with van der Waals surface area (Å²) in [4.78, 5) is 32.8. The zero-order chi connectivity index (χ0) is 21.5. The summed E-state index contributed by atoms with van der Waals surface area (Å²) in [7, 11) is 0. The second-order valence-electron chi connectivity index (χ2n) is 7.98. The quantitative estimate of drug-likeness (QED) is 0.734. The fraction of sp³-hybridized carbons (Fsp3) is 0.571. The van der Waals surface area contributed by atoms with Crippen LogP contribution >= 0.6 is 11.3 Å². The molecule has 31 heavy (non-hydrogen) atoms. The van der Waals surface area contributed by atoms with Crippen LogP contribution in [0.1, 0.15) is 48.9 Å². The van der Waals surface area contributed by atoms with Gasteiger partial charge in [-0.3, -0.25) is 10.1 Å². The standard InChI is InChI=1S/C21H28N6O3S/c28-19(26-9-11-27(12-10-26)21(29)24-20-25-23-15-31-20)17-6-7-18(22-14-17)30-13-8-16-4-2-1-3-5-16/h6-7,14-16H,1-5,8-13H2,(H,24,25,29). The van der Waals surface area contributed by atoms with E-state index in [0.29, 0.717) is 49.4 Å². The Bertz CT molecular complexity index is 847. The molecule has 166 valence electrons. The Morgan fingerprint density at radius 2 is 1.87 bits per heavy atom. The summed E-state index contributed by atoms with van der Waals surface area (Å²) in [5.74, 6) is 1.25. The molecule has 2 aromatic rings. The first-order valence-electron chi connectivity index (χ1n) is 10.9. The summed E-state index contributed by atoms with van der Waals surface area (Å²) in [6.45, 7) is 2.55. The number of carbonyl (C=O) groups is 2.